The molecular weight excluding hydrogens is 280 g/mol. The molecular formula is C17H14N2OS. The highest BCUT2D eigenvalue weighted by Gasteiger charge is 2.27. The fraction of sp³-hybridized carbons (Fsp3) is 0.118. The Balaban J connectivity index is 1.70. The van der Waals surface area contributed by atoms with Crippen LogP contribution in [0.4, 0.5) is 0 Å². The summed E-state index contributed by atoms with van der Waals surface area (Å²) < 4.78 is 0. The normalized spacial score (nSPS) is 13.1. The molecule has 1 aromatic heterocycles. The van der Waals surface area contributed by atoms with Crippen LogP contribution in [0.3, 0.4) is 0 Å². The van der Waals surface area contributed by atoms with Crippen LogP contribution in [0.15, 0.2) is 58.7 Å². The molecule has 0 bridgehead atoms. The van der Waals surface area contributed by atoms with Crippen LogP contribution in [0.25, 0.3) is 11.1 Å². The van der Waals surface area contributed by atoms with Crippen LogP contribution in [0, 0.1) is 0 Å². The molecule has 0 atom stereocenters. The van der Waals surface area contributed by atoms with Crippen molar-refractivity contribution in [2.24, 2.45) is 0 Å². The summed E-state index contributed by atoms with van der Waals surface area (Å²) >= 11 is 1.21. The van der Waals surface area contributed by atoms with E-state index in [0.29, 0.717) is 6.54 Å². The Hall–Kier alpha value is -2.17. The molecule has 4 rings (SSSR count). The van der Waals surface area contributed by atoms with E-state index in [1.807, 2.05) is 5.38 Å². The Bertz CT molecular complexity index is 804. The molecule has 0 spiro atoms. The third kappa shape index (κ3) is 2.13. The number of fused-ring (bicyclic) bond motifs is 3. The van der Waals surface area contributed by atoms with Gasteiger partial charge in [-0.3, -0.25) is 4.79 Å². The molecule has 0 fully saturated rings. The largest absolute Gasteiger partial charge is 0.315 e. The smallest absolute Gasteiger partial charge is 0.304 e. The van der Waals surface area contributed by atoms with Crippen molar-refractivity contribution in [2.45, 2.75) is 12.6 Å². The van der Waals surface area contributed by atoms with Crippen molar-refractivity contribution in [3.05, 3.63) is 80.4 Å². The van der Waals surface area contributed by atoms with Crippen molar-refractivity contribution in [2.75, 3.05) is 0 Å². The molecule has 0 amide bonds. The van der Waals surface area contributed by atoms with Gasteiger partial charge in [-0.15, -0.1) is 0 Å². The van der Waals surface area contributed by atoms with Crippen LogP contribution in [-0.4, -0.2) is 4.98 Å². The first-order chi connectivity index (χ1) is 10.3. The maximum atomic E-state index is 11.2. The Morgan fingerprint density at radius 1 is 1.00 bits per heavy atom. The van der Waals surface area contributed by atoms with Crippen molar-refractivity contribution in [3.8, 4) is 11.1 Å². The number of H-pyrrole nitrogens is 1. The van der Waals surface area contributed by atoms with E-state index in [-0.39, 0.29) is 10.9 Å². The molecule has 0 unspecified atom stereocenters. The van der Waals surface area contributed by atoms with Crippen LogP contribution >= 0.6 is 11.3 Å². The number of aromatic nitrogens is 1. The van der Waals surface area contributed by atoms with Gasteiger partial charge in [0.25, 0.3) is 0 Å². The van der Waals surface area contributed by atoms with Crippen molar-refractivity contribution < 1.29 is 0 Å². The van der Waals surface area contributed by atoms with Gasteiger partial charge >= 0.3 is 4.87 Å². The number of thiazole rings is 1. The molecule has 2 N–H and O–H groups in total. The second-order valence-corrected chi connectivity index (χ2v) is 6.00. The summed E-state index contributed by atoms with van der Waals surface area (Å²) in [5.74, 6) is 0. The van der Waals surface area contributed by atoms with Crippen LogP contribution in [0.1, 0.15) is 22.9 Å². The van der Waals surface area contributed by atoms with Gasteiger partial charge in [0, 0.05) is 17.6 Å². The monoisotopic (exact) mass is 294 g/mol. The summed E-state index contributed by atoms with van der Waals surface area (Å²) in [6.07, 6.45) is 0. The summed E-state index contributed by atoms with van der Waals surface area (Å²) in [6, 6.07) is 17.2. The zero-order chi connectivity index (χ0) is 14.2. The first kappa shape index (κ1) is 12.6. The zero-order valence-corrected chi connectivity index (χ0v) is 12.1. The van der Waals surface area contributed by atoms with E-state index < -0.39 is 0 Å². The van der Waals surface area contributed by atoms with Gasteiger partial charge in [-0.2, -0.15) is 0 Å². The van der Waals surface area contributed by atoms with Crippen molar-refractivity contribution >= 4 is 11.3 Å². The minimum atomic E-state index is -0.000905. The molecule has 21 heavy (non-hydrogen) atoms. The van der Waals surface area contributed by atoms with Gasteiger partial charge in [-0.25, -0.2) is 0 Å². The predicted octanol–water partition coefficient (Wildman–Crippen LogP) is 3.30. The van der Waals surface area contributed by atoms with E-state index in [4.69, 9.17) is 0 Å². The molecule has 0 radical (unpaired) electrons. The molecule has 104 valence electrons. The fourth-order valence-corrected chi connectivity index (χ4v) is 3.57. The standard InChI is InChI=1S/C17H14N2OS/c20-17-19-11(10-21-17)9-18-16-14-7-3-1-5-12(14)13-6-2-4-8-15(13)16/h1-8,10,16,18H,9H2,(H,19,20). The molecule has 0 saturated heterocycles. The average molecular weight is 294 g/mol. The lowest BCUT2D eigenvalue weighted by Gasteiger charge is -2.15. The van der Waals surface area contributed by atoms with E-state index >= 15 is 0 Å². The molecule has 4 heteroatoms. The van der Waals surface area contributed by atoms with Gasteiger partial charge in [0.2, 0.25) is 0 Å². The number of rotatable bonds is 3. The first-order valence-electron chi connectivity index (χ1n) is 6.91. The highest BCUT2D eigenvalue weighted by Crippen LogP contribution is 2.42. The summed E-state index contributed by atoms with van der Waals surface area (Å²) in [7, 11) is 0. The lowest BCUT2D eigenvalue weighted by atomic mass is 10.1. The maximum Gasteiger partial charge on any atom is 0.304 e. The topological polar surface area (TPSA) is 44.9 Å². The Kier molecular flexibility index (Phi) is 2.98. The summed E-state index contributed by atoms with van der Waals surface area (Å²) in [4.78, 5) is 14.1. The van der Waals surface area contributed by atoms with Crippen LogP contribution < -0.4 is 10.2 Å². The average Bonchev–Trinajstić information content (AvgIpc) is 3.07. The fourth-order valence-electron chi connectivity index (χ4n) is 2.99. The van der Waals surface area contributed by atoms with Crippen LogP contribution in [-0.2, 0) is 6.54 Å². The third-order valence-electron chi connectivity index (χ3n) is 3.90. The van der Waals surface area contributed by atoms with Crippen LogP contribution in [0.5, 0.6) is 0 Å². The number of hydrogen-bond acceptors (Lipinski definition) is 3. The highest BCUT2D eigenvalue weighted by molar-refractivity contribution is 7.07. The molecule has 1 heterocycles. The molecule has 2 aromatic carbocycles. The highest BCUT2D eigenvalue weighted by atomic mass is 32.1. The number of hydrogen-bond donors (Lipinski definition) is 2. The van der Waals surface area contributed by atoms with Crippen molar-refractivity contribution in [1.82, 2.24) is 10.3 Å². The molecule has 1 aliphatic rings. The lowest BCUT2D eigenvalue weighted by molar-refractivity contribution is 0.608. The molecule has 1 aliphatic carbocycles. The summed E-state index contributed by atoms with van der Waals surface area (Å²) in [6.45, 7) is 0.659. The van der Waals surface area contributed by atoms with E-state index in [1.165, 1.54) is 33.6 Å². The SMILES string of the molecule is O=c1[nH]c(CNC2c3ccccc3-c3ccccc32)cs1. The third-order valence-corrected chi connectivity index (χ3v) is 4.62. The Labute approximate surface area is 126 Å². The van der Waals surface area contributed by atoms with Gasteiger partial charge in [-0.1, -0.05) is 59.9 Å². The Morgan fingerprint density at radius 3 is 2.19 bits per heavy atom. The van der Waals surface area contributed by atoms with Crippen molar-refractivity contribution in [3.63, 3.8) is 0 Å². The van der Waals surface area contributed by atoms with Gasteiger partial charge < -0.3 is 10.3 Å². The minimum Gasteiger partial charge on any atom is -0.315 e. The summed E-state index contributed by atoms with van der Waals surface area (Å²) in [5.41, 5.74) is 6.13. The van der Waals surface area contributed by atoms with Crippen molar-refractivity contribution in [1.29, 1.82) is 0 Å². The van der Waals surface area contributed by atoms with Gasteiger partial charge in [0.1, 0.15) is 0 Å². The predicted molar refractivity (Wildman–Crippen MR) is 85.5 cm³/mol. The number of nitrogens with one attached hydrogen (secondary N) is 2. The molecule has 3 nitrogen and oxygen atoms in total. The van der Waals surface area contributed by atoms with E-state index in [0.717, 1.165) is 5.69 Å². The molecule has 0 aliphatic heterocycles. The van der Waals surface area contributed by atoms with Gasteiger partial charge in [-0.05, 0) is 22.3 Å². The van der Waals surface area contributed by atoms with E-state index in [1.54, 1.807) is 0 Å². The first-order valence-corrected chi connectivity index (χ1v) is 7.79. The van der Waals surface area contributed by atoms with Crippen LogP contribution in [0.2, 0.25) is 0 Å². The minimum absolute atomic E-state index is 0.000905. The number of aromatic amines is 1. The number of benzene rings is 2. The second kappa shape index (κ2) is 4.98. The van der Waals surface area contributed by atoms with Gasteiger partial charge in [0.05, 0.1) is 6.04 Å². The maximum absolute atomic E-state index is 11.2. The lowest BCUT2D eigenvalue weighted by Crippen LogP contribution is -2.20. The molecule has 0 saturated carbocycles. The quantitative estimate of drug-likeness (QED) is 0.778. The second-order valence-electron chi connectivity index (χ2n) is 5.16. The van der Waals surface area contributed by atoms with Gasteiger partial charge in [0.15, 0.2) is 0 Å². The van der Waals surface area contributed by atoms with E-state index in [2.05, 4.69) is 58.8 Å². The summed E-state index contributed by atoms with van der Waals surface area (Å²) in [5, 5.41) is 5.44. The van der Waals surface area contributed by atoms with E-state index in [9.17, 15) is 4.79 Å². The Morgan fingerprint density at radius 2 is 1.62 bits per heavy atom. The molecule has 3 aromatic rings. The zero-order valence-electron chi connectivity index (χ0n) is 11.3.